The van der Waals surface area contributed by atoms with Gasteiger partial charge in [0.2, 0.25) is 5.91 Å². The van der Waals surface area contributed by atoms with E-state index < -0.39 is 0 Å². The Morgan fingerprint density at radius 3 is 2.53 bits per heavy atom. The lowest BCUT2D eigenvalue weighted by molar-refractivity contribution is -0.120. The van der Waals surface area contributed by atoms with E-state index >= 15 is 0 Å². The van der Waals surface area contributed by atoms with E-state index in [4.69, 9.17) is 5.73 Å². The van der Waals surface area contributed by atoms with E-state index in [0.29, 0.717) is 18.4 Å². The summed E-state index contributed by atoms with van der Waals surface area (Å²) in [7, 11) is 1.89. The third kappa shape index (κ3) is 2.16. The summed E-state index contributed by atoms with van der Waals surface area (Å²) in [6.07, 6.45) is 5.09. The number of hydrogen-bond donors (Lipinski definition) is 1. The number of carbonyl (C=O) groups is 1. The average molecular weight is 258 g/mol. The average Bonchev–Trinajstić information content (AvgIpc) is 3.20. The van der Waals surface area contributed by atoms with E-state index in [1.807, 2.05) is 36.2 Å². The summed E-state index contributed by atoms with van der Waals surface area (Å²) in [5.41, 5.74) is 7.77. The van der Waals surface area contributed by atoms with Gasteiger partial charge < -0.3 is 10.6 Å². The number of anilines is 1. The molecule has 2 atom stereocenters. The molecule has 3 nitrogen and oxygen atoms in total. The summed E-state index contributed by atoms with van der Waals surface area (Å²) in [5.74, 6) is 1.89. The fraction of sp³-hybridized carbons (Fsp3) is 0.562. The zero-order chi connectivity index (χ0) is 13.4. The number of para-hydroxylation sites is 1. The molecule has 0 aliphatic heterocycles. The Morgan fingerprint density at radius 1 is 1.26 bits per heavy atom. The molecule has 102 valence electrons. The Labute approximate surface area is 114 Å². The Balaban J connectivity index is 1.77. The summed E-state index contributed by atoms with van der Waals surface area (Å²) in [5, 5.41) is 0. The van der Waals surface area contributed by atoms with Gasteiger partial charge in [-0.25, -0.2) is 0 Å². The summed E-state index contributed by atoms with van der Waals surface area (Å²) in [6, 6.07) is 7.93. The van der Waals surface area contributed by atoms with Crippen molar-refractivity contribution in [3.63, 3.8) is 0 Å². The van der Waals surface area contributed by atoms with Gasteiger partial charge in [0.05, 0.1) is 0 Å². The van der Waals surface area contributed by atoms with Gasteiger partial charge in [0.15, 0.2) is 0 Å². The highest BCUT2D eigenvalue weighted by molar-refractivity contribution is 5.97. The van der Waals surface area contributed by atoms with E-state index in [-0.39, 0.29) is 11.8 Å². The van der Waals surface area contributed by atoms with Gasteiger partial charge >= 0.3 is 0 Å². The molecule has 0 bridgehead atoms. The normalized spacial score (nSPS) is 28.6. The molecule has 2 fully saturated rings. The molecule has 0 heterocycles. The minimum atomic E-state index is 0.276. The van der Waals surface area contributed by atoms with Gasteiger partial charge in [0, 0.05) is 25.2 Å². The standard InChI is InChI=1S/C16H22N2O/c1-18(14-9-5-2-6-11(14)10-17)16(19)15-12-7-3-4-8-13(12)15/h2,5-6,9,12-13,15H,3-4,7-8,10,17H2,1H3. The minimum absolute atomic E-state index is 0.276. The third-order valence-electron chi connectivity index (χ3n) is 4.85. The number of fused-ring (bicyclic) bond motifs is 1. The molecule has 1 aromatic rings. The van der Waals surface area contributed by atoms with Crippen LogP contribution in [0.2, 0.25) is 0 Å². The van der Waals surface area contributed by atoms with Crippen LogP contribution in [0.25, 0.3) is 0 Å². The van der Waals surface area contributed by atoms with Crippen LogP contribution >= 0.6 is 0 Å². The molecule has 2 N–H and O–H groups in total. The molecule has 2 unspecified atom stereocenters. The highest BCUT2D eigenvalue weighted by Gasteiger charge is 2.55. The Morgan fingerprint density at radius 2 is 1.89 bits per heavy atom. The maximum Gasteiger partial charge on any atom is 0.230 e. The molecule has 3 rings (SSSR count). The van der Waals surface area contributed by atoms with E-state index in [1.165, 1.54) is 25.7 Å². The van der Waals surface area contributed by atoms with Crippen LogP contribution in [0, 0.1) is 17.8 Å². The molecule has 19 heavy (non-hydrogen) atoms. The van der Waals surface area contributed by atoms with Crippen LogP contribution in [-0.2, 0) is 11.3 Å². The van der Waals surface area contributed by atoms with E-state index in [2.05, 4.69) is 0 Å². The van der Waals surface area contributed by atoms with E-state index in [9.17, 15) is 4.79 Å². The highest BCUT2D eigenvalue weighted by atomic mass is 16.2. The summed E-state index contributed by atoms with van der Waals surface area (Å²) < 4.78 is 0. The lowest BCUT2D eigenvalue weighted by Gasteiger charge is -2.20. The predicted molar refractivity (Wildman–Crippen MR) is 76.7 cm³/mol. The molecule has 2 saturated carbocycles. The lowest BCUT2D eigenvalue weighted by Crippen LogP contribution is -2.30. The lowest BCUT2D eigenvalue weighted by atomic mass is 10.0. The van der Waals surface area contributed by atoms with Crippen LogP contribution in [-0.4, -0.2) is 13.0 Å². The Kier molecular flexibility index (Phi) is 3.31. The number of carbonyl (C=O) groups excluding carboxylic acids is 1. The van der Waals surface area contributed by atoms with Crippen molar-refractivity contribution in [1.82, 2.24) is 0 Å². The number of nitrogens with zero attached hydrogens (tertiary/aromatic N) is 1. The van der Waals surface area contributed by atoms with Crippen molar-refractivity contribution >= 4 is 11.6 Å². The highest BCUT2D eigenvalue weighted by Crippen LogP contribution is 2.56. The first-order chi connectivity index (χ1) is 9.24. The van der Waals surface area contributed by atoms with Gasteiger partial charge in [0.25, 0.3) is 0 Å². The maximum atomic E-state index is 12.6. The Bertz CT molecular complexity index is 473. The molecular weight excluding hydrogens is 236 g/mol. The van der Waals surface area contributed by atoms with Crippen molar-refractivity contribution in [3.05, 3.63) is 29.8 Å². The largest absolute Gasteiger partial charge is 0.326 e. The second-order valence-electron chi connectivity index (χ2n) is 5.87. The minimum Gasteiger partial charge on any atom is -0.326 e. The topological polar surface area (TPSA) is 46.3 Å². The van der Waals surface area contributed by atoms with E-state index in [0.717, 1.165) is 11.3 Å². The first-order valence-electron chi connectivity index (χ1n) is 7.29. The molecule has 0 radical (unpaired) electrons. The second-order valence-corrected chi connectivity index (χ2v) is 5.87. The van der Waals surface area contributed by atoms with Gasteiger partial charge in [-0.15, -0.1) is 0 Å². The summed E-state index contributed by atoms with van der Waals surface area (Å²) in [4.78, 5) is 14.4. The number of amides is 1. The Hall–Kier alpha value is -1.35. The number of nitrogens with two attached hydrogens (primary N) is 1. The predicted octanol–water partition coefficient (Wildman–Crippen LogP) is 2.54. The molecule has 2 aliphatic rings. The smallest absolute Gasteiger partial charge is 0.230 e. The quantitative estimate of drug-likeness (QED) is 0.905. The van der Waals surface area contributed by atoms with Gasteiger partial charge in [0.1, 0.15) is 0 Å². The second kappa shape index (κ2) is 4.97. The first-order valence-corrected chi connectivity index (χ1v) is 7.29. The number of rotatable bonds is 3. The van der Waals surface area contributed by atoms with Crippen LogP contribution < -0.4 is 10.6 Å². The first kappa shape index (κ1) is 12.7. The van der Waals surface area contributed by atoms with Crippen LogP contribution in [0.3, 0.4) is 0 Å². The molecular formula is C16H22N2O. The molecule has 1 aromatic carbocycles. The monoisotopic (exact) mass is 258 g/mol. The number of benzene rings is 1. The van der Waals surface area contributed by atoms with Gasteiger partial charge in [-0.2, -0.15) is 0 Å². The molecule has 0 aromatic heterocycles. The molecule has 1 amide bonds. The zero-order valence-electron chi connectivity index (χ0n) is 11.5. The summed E-state index contributed by atoms with van der Waals surface area (Å²) in [6.45, 7) is 0.477. The van der Waals surface area contributed by atoms with Crippen molar-refractivity contribution in [2.24, 2.45) is 23.5 Å². The van der Waals surface area contributed by atoms with Crippen LogP contribution in [0.15, 0.2) is 24.3 Å². The molecule has 3 heteroatoms. The van der Waals surface area contributed by atoms with Gasteiger partial charge in [-0.1, -0.05) is 31.0 Å². The van der Waals surface area contributed by atoms with Gasteiger partial charge in [-0.05, 0) is 36.3 Å². The SMILES string of the molecule is CN(C(=O)C1C2CCCCC21)c1ccccc1CN. The van der Waals surface area contributed by atoms with Crippen molar-refractivity contribution in [2.45, 2.75) is 32.2 Å². The van der Waals surface area contributed by atoms with Crippen LogP contribution in [0.5, 0.6) is 0 Å². The van der Waals surface area contributed by atoms with Crippen molar-refractivity contribution in [3.8, 4) is 0 Å². The van der Waals surface area contributed by atoms with E-state index in [1.54, 1.807) is 0 Å². The summed E-state index contributed by atoms with van der Waals surface area (Å²) >= 11 is 0. The third-order valence-corrected chi connectivity index (χ3v) is 4.85. The molecule has 2 aliphatic carbocycles. The maximum absolute atomic E-state index is 12.6. The fourth-order valence-corrected chi connectivity index (χ4v) is 3.71. The van der Waals surface area contributed by atoms with Crippen LogP contribution in [0.4, 0.5) is 5.69 Å². The van der Waals surface area contributed by atoms with Crippen molar-refractivity contribution in [1.29, 1.82) is 0 Å². The number of hydrogen-bond acceptors (Lipinski definition) is 2. The van der Waals surface area contributed by atoms with Crippen molar-refractivity contribution < 1.29 is 4.79 Å². The zero-order valence-corrected chi connectivity index (χ0v) is 11.5. The molecule has 0 saturated heterocycles. The molecule has 0 spiro atoms. The fourth-order valence-electron chi connectivity index (χ4n) is 3.71. The van der Waals surface area contributed by atoms with Crippen molar-refractivity contribution in [2.75, 3.05) is 11.9 Å². The van der Waals surface area contributed by atoms with Crippen LogP contribution in [0.1, 0.15) is 31.2 Å². The van der Waals surface area contributed by atoms with Gasteiger partial charge in [-0.3, -0.25) is 4.79 Å².